The third kappa shape index (κ3) is 8.96. The molecule has 2 aromatic rings. The Morgan fingerprint density at radius 1 is 1.00 bits per heavy atom. The molecule has 190 valence electrons. The van der Waals surface area contributed by atoms with Crippen LogP contribution in [0, 0.1) is 0 Å². The molecule has 0 heterocycles. The van der Waals surface area contributed by atoms with Crippen molar-refractivity contribution in [1.82, 2.24) is 15.2 Å². The smallest absolute Gasteiger partial charge is 0.253 e. The van der Waals surface area contributed by atoms with Crippen LogP contribution < -0.4 is 27.3 Å². The number of benzene rings is 2. The Morgan fingerprint density at radius 2 is 1.60 bits per heavy atom. The van der Waals surface area contributed by atoms with Crippen LogP contribution in [0.15, 0.2) is 70.6 Å². The highest BCUT2D eigenvalue weighted by Gasteiger charge is 2.32. The fraction of sp³-hybridized carbons (Fsp3) is 0.318. The summed E-state index contributed by atoms with van der Waals surface area (Å²) in [5, 5.41) is 3.16. The minimum atomic E-state index is -4.19. The SMILES string of the molecule is NC(=O)[C@H](Cc1ccccc1)NC(=O)[C@H](CCCN=C(N)N)N(CF)NS(=O)(=O)c1ccccc1. The second-order valence-electron chi connectivity index (χ2n) is 7.61. The summed E-state index contributed by atoms with van der Waals surface area (Å²) < 4.78 is 39.5. The van der Waals surface area contributed by atoms with Gasteiger partial charge in [-0.3, -0.25) is 14.6 Å². The van der Waals surface area contributed by atoms with Crippen molar-refractivity contribution >= 4 is 27.8 Å². The number of carbonyl (C=O) groups excluding carboxylic acids is 2. The first-order chi connectivity index (χ1) is 16.6. The Morgan fingerprint density at radius 3 is 2.14 bits per heavy atom. The van der Waals surface area contributed by atoms with Gasteiger partial charge in [0.2, 0.25) is 11.8 Å². The molecule has 0 aromatic heterocycles. The molecule has 0 spiro atoms. The maximum absolute atomic E-state index is 14.1. The van der Waals surface area contributed by atoms with Crippen molar-refractivity contribution in [3.63, 3.8) is 0 Å². The number of primary amides is 1. The van der Waals surface area contributed by atoms with Gasteiger partial charge in [0.1, 0.15) is 12.1 Å². The zero-order valence-corrected chi connectivity index (χ0v) is 19.8. The van der Waals surface area contributed by atoms with E-state index in [1.54, 1.807) is 36.4 Å². The monoisotopic (exact) mass is 507 g/mol. The van der Waals surface area contributed by atoms with Gasteiger partial charge in [-0.2, -0.15) is 5.01 Å². The quantitative estimate of drug-likeness (QED) is 0.0766. The normalized spacial score (nSPS) is 13.1. The number of hydrazine groups is 1. The van der Waals surface area contributed by atoms with Crippen molar-refractivity contribution in [2.45, 2.75) is 36.2 Å². The Hall–Kier alpha value is -3.55. The van der Waals surface area contributed by atoms with Crippen molar-refractivity contribution in [3.8, 4) is 0 Å². The summed E-state index contributed by atoms with van der Waals surface area (Å²) in [6.07, 6.45) is 0.300. The summed E-state index contributed by atoms with van der Waals surface area (Å²) in [4.78, 5) is 31.0. The number of carbonyl (C=O) groups is 2. The molecular formula is C22H30FN7O4S. The molecule has 11 nitrogen and oxygen atoms in total. The number of aliphatic imine (C=N–C) groups is 1. The van der Waals surface area contributed by atoms with Gasteiger partial charge in [-0.25, -0.2) is 12.8 Å². The van der Waals surface area contributed by atoms with E-state index in [2.05, 4.69) is 15.1 Å². The van der Waals surface area contributed by atoms with Crippen LogP contribution in [-0.4, -0.2) is 56.6 Å². The van der Waals surface area contributed by atoms with E-state index in [1.807, 2.05) is 0 Å². The van der Waals surface area contributed by atoms with Crippen LogP contribution in [0.1, 0.15) is 18.4 Å². The van der Waals surface area contributed by atoms with E-state index in [0.717, 1.165) is 5.56 Å². The average molecular weight is 508 g/mol. The summed E-state index contributed by atoms with van der Waals surface area (Å²) in [5.41, 5.74) is 16.8. The van der Waals surface area contributed by atoms with Gasteiger partial charge < -0.3 is 22.5 Å². The predicted octanol–water partition coefficient (Wildman–Crippen LogP) is -0.256. The molecule has 13 heteroatoms. The number of hydrogen-bond donors (Lipinski definition) is 5. The second-order valence-corrected chi connectivity index (χ2v) is 9.28. The number of rotatable bonds is 14. The molecule has 2 amide bonds. The number of nitrogens with zero attached hydrogens (tertiary/aromatic N) is 2. The minimum Gasteiger partial charge on any atom is -0.370 e. The Labute approximate surface area is 203 Å². The van der Waals surface area contributed by atoms with Gasteiger partial charge in [0.05, 0.1) is 4.90 Å². The Bertz CT molecular complexity index is 1100. The van der Waals surface area contributed by atoms with E-state index in [0.29, 0.717) is 5.01 Å². The van der Waals surface area contributed by atoms with Crippen LogP contribution in [0.5, 0.6) is 0 Å². The zero-order chi connectivity index (χ0) is 25.8. The minimum absolute atomic E-state index is 0.0271. The molecule has 2 atom stereocenters. The Balaban J connectivity index is 2.25. The highest BCUT2D eigenvalue weighted by atomic mass is 32.2. The molecule has 0 aliphatic carbocycles. The molecule has 0 fully saturated rings. The third-order valence-corrected chi connectivity index (χ3v) is 6.34. The van der Waals surface area contributed by atoms with Crippen molar-refractivity contribution < 1.29 is 22.4 Å². The van der Waals surface area contributed by atoms with E-state index < -0.39 is 40.7 Å². The fourth-order valence-corrected chi connectivity index (χ4v) is 4.35. The van der Waals surface area contributed by atoms with E-state index in [4.69, 9.17) is 17.2 Å². The van der Waals surface area contributed by atoms with Gasteiger partial charge in [-0.05, 0) is 30.5 Å². The first-order valence-corrected chi connectivity index (χ1v) is 12.2. The molecule has 0 radical (unpaired) electrons. The van der Waals surface area contributed by atoms with Crippen molar-refractivity contribution in [1.29, 1.82) is 0 Å². The first-order valence-electron chi connectivity index (χ1n) is 10.7. The molecular weight excluding hydrogens is 477 g/mol. The molecule has 0 unspecified atom stereocenters. The van der Waals surface area contributed by atoms with Crippen molar-refractivity contribution in [2.24, 2.45) is 22.2 Å². The number of halogens is 1. The lowest BCUT2D eigenvalue weighted by molar-refractivity contribution is -0.132. The lowest BCUT2D eigenvalue weighted by Crippen LogP contribution is -2.57. The van der Waals surface area contributed by atoms with Gasteiger partial charge in [0.15, 0.2) is 12.8 Å². The number of nitrogens with one attached hydrogen (secondary N) is 2. The summed E-state index contributed by atoms with van der Waals surface area (Å²) in [6, 6.07) is 13.7. The van der Waals surface area contributed by atoms with E-state index in [1.165, 1.54) is 24.3 Å². The molecule has 0 saturated carbocycles. The van der Waals surface area contributed by atoms with Crippen LogP contribution in [-0.2, 0) is 26.0 Å². The van der Waals surface area contributed by atoms with E-state index in [9.17, 15) is 22.4 Å². The highest BCUT2D eigenvalue weighted by molar-refractivity contribution is 7.89. The standard InChI is InChI=1S/C22H30FN7O4S/c23-15-30(29-35(33,34)17-10-5-2-6-11-17)19(12-7-13-27-22(25)26)21(32)28-18(20(24)31)14-16-8-3-1-4-9-16/h1-6,8-11,18-19,29H,7,12-15H2,(H2,24,31)(H,28,32)(H4,25,26,27)/t18-,19-/m0/s1. The third-order valence-electron chi connectivity index (χ3n) is 4.97. The fourth-order valence-electron chi connectivity index (χ4n) is 3.24. The summed E-state index contributed by atoms with van der Waals surface area (Å²) in [6.45, 7) is -1.20. The first kappa shape index (κ1) is 27.7. The van der Waals surface area contributed by atoms with Gasteiger partial charge >= 0.3 is 0 Å². The zero-order valence-electron chi connectivity index (χ0n) is 19.0. The number of nitrogens with two attached hydrogens (primary N) is 3. The number of guanidine groups is 1. The number of sulfonamides is 1. The highest BCUT2D eigenvalue weighted by Crippen LogP contribution is 2.13. The topological polar surface area (TPSA) is 186 Å². The van der Waals surface area contributed by atoms with Crippen molar-refractivity contribution in [2.75, 3.05) is 13.3 Å². The van der Waals surface area contributed by atoms with E-state index >= 15 is 0 Å². The van der Waals surface area contributed by atoms with Crippen LogP contribution in [0.4, 0.5) is 4.39 Å². The average Bonchev–Trinajstić information content (AvgIpc) is 2.83. The van der Waals surface area contributed by atoms with Crippen LogP contribution >= 0.6 is 0 Å². The summed E-state index contributed by atoms with van der Waals surface area (Å²) >= 11 is 0. The van der Waals surface area contributed by atoms with E-state index in [-0.39, 0.29) is 36.7 Å². The van der Waals surface area contributed by atoms with Gasteiger partial charge in [-0.1, -0.05) is 48.5 Å². The van der Waals surface area contributed by atoms with Gasteiger partial charge in [-0.15, -0.1) is 4.83 Å². The number of amides is 2. The molecule has 0 aliphatic rings. The predicted molar refractivity (Wildman–Crippen MR) is 130 cm³/mol. The summed E-state index contributed by atoms with van der Waals surface area (Å²) in [7, 11) is -4.19. The summed E-state index contributed by atoms with van der Waals surface area (Å²) in [5.74, 6) is -1.74. The molecule has 0 bridgehead atoms. The van der Waals surface area contributed by atoms with Crippen LogP contribution in [0.3, 0.4) is 0 Å². The molecule has 0 aliphatic heterocycles. The maximum Gasteiger partial charge on any atom is 0.253 e. The molecule has 35 heavy (non-hydrogen) atoms. The molecule has 2 rings (SSSR count). The lowest BCUT2D eigenvalue weighted by Gasteiger charge is -2.29. The van der Waals surface area contributed by atoms with Gasteiger partial charge in [0, 0.05) is 13.0 Å². The second kappa shape index (κ2) is 13.4. The van der Waals surface area contributed by atoms with Crippen LogP contribution in [0.2, 0.25) is 0 Å². The maximum atomic E-state index is 14.1. The molecule has 2 aromatic carbocycles. The number of alkyl halides is 1. The lowest BCUT2D eigenvalue weighted by atomic mass is 10.0. The van der Waals surface area contributed by atoms with Gasteiger partial charge in [0.25, 0.3) is 10.0 Å². The molecule has 8 N–H and O–H groups in total. The molecule has 0 saturated heterocycles. The number of hydrogen-bond acceptors (Lipinski definition) is 6. The Kier molecular flexibility index (Phi) is 10.6. The largest absolute Gasteiger partial charge is 0.370 e. The van der Waals surface area contributed by atoms with Crippen LogP contribution in [0.25, 0.3) is 0 Å². The van der Waals surface area contributed by atoms with Crippen molar-refractivity contribution in [3.05, 3.63) is 66.2 Å².